The molecule has 0 aliphatic rings. The predicted molar refractivity (Wildman–Crippen MR) is 356 cm³/mol. The third-order valence-corrected chi connectivity index (χ3v) is 17.2. The van der Waals surface area contributed by atoms with Gasteiger partial charge in [0.2, 0.25) is 5.91 Å². The molecule has 0 aromatic heterocycles. The smallest absolute Gasteiger partial charge is 0.305 e. The van der Waals surface area contributed by atoms with E-state index in [9.17, 15) is 19.8 Å². The van der Waals surface area contributed by atoms with Gasteiger partial charge in [-0.15, -0.1) is 0 Å². The van der Waals surface area contributed by atoms with Gasteiger partial charge >= 0.3 is 5.97 Å². The fraction of sp³-hybridized carbons (Fsp3) is 0.893. The van der Waals surface area contributed by atoms with Gasteiger partial charge in [0.25, 0.3) is 0 Å². The maximum absolute atomic E-state index is 12.6. The van der Waals surface area contributed by atoms with Gasteiger partial charge in [-0.1, -0.05) is 346 Å². The summed E-state index contributed by atoms with van der Waals surface area (Å²) in [6, 6.07) is -0.547. The first-order valence-electron chi connectivity index (χ1n) is 36.7. The lowest BCUT2D eigenvalue weighted by atomic mass is 10.0. The van der Waals surface area contributed by atoms with Crippen molar-refractivity contribution >= 4 is 11.9 Å². The highest BCUT2D eigenvalue weighted by molar-refractivity contribution is 5.76. The zero-order valence-corrected chi connectivity index (χ0v) is 54.8. The third kappa shape index (κ3) is 67.1. The van der Waals surface area contributed by atoms with Crippen molar-refractivity contribution in [3.8, 4) is 0 Å². The normalized spacial score (nSPS) is 12.7. The number of hydrogen-bond donors (Lipinski definition) is 3. The first kappa shape index (κ1) is 79.1. The van der Waals surface area contributed by atoms with E-state index < -0.39 is 12.1 Å². The van der Waals surface area contributed by atoms with Gasteiger partial charge in [-0.2, -0.15) is 0 Å². The Labute approximate surface area is 506 Å². The molecule has 0 aliphatic carbocycles. The van der Waals surface area contributed by atoms with Crippen molar-refractivity contribution in [2.75, 3.05) is 13.2 Å². The molecule has 81 heavy (non-hydrogen) atoms. The van der Waals surface area contributed by atoms with Crippen molar-refractivity contribution in [1.82, 2.24) is 5.32 Å². The monoisotopic (exact) mass is 1140 g/mol. The molecule has 3 N–H and O–H groups in total. The number of nitrogens with one attached hydrogen (secondary N) is 1. The molecule has 0 saturated heterocycles. The van der Waals surface area contributed by atoms with E-state index in [-0.39, 0.29) is 18.5 Å². The van der Waals surface area contributed by atoms with Crippen molar-refractivity contribution in [2.45, 2.75) is 418 Å². The molecule has 0 aliphatic heterocycles. The molecule has 0 saturated carbocycles. The standard InChI is InChI=1S/C75H143NO5/c1-3-5-7-9-11-13-15-17-19-21-22-23-26-29-32-36-39-43-47-51-55-59-63-67-73(78)72(71-77)76-74(79)68-64-60-56-52-48-44-40-37-33-30-27-24-25-28-31-34-38-42-46-50-54-58-62-66-70-81-75(80)69-65-61-57-53-49-45-41-35-20-18-16-14-12-10-8-6-4-2/h12,14,18,20,27,30,72-73,77-78H,3-11,13,15-17,19,21-26,28-29,31-71H2,1-2H3,(H,76,79)/b14-12-,20-18-,30-27-. The minimum Gasteiger partial charge on any atom is -0.466 e. The Morgan fingerprint density at radius 1 is 0.346 bits per heavy atom. The highest BCUT2D eigenvalue weighted by atomic mass is 16.5. The van der Waals surface area contributed by atoms with Crippen LogP contribution in [0, 0.1) is 0 Å². The molecular weight excluding hydrogens is 995 g/mol. The highest BCUT2D eigenvalue weighted by Crippen LogP contribution is 2.19. The number of unbranched alkanes of at least 4 members (excludes halogenated alkanes) is 52. The Balaban J connectivity index is 3.40. The van der Waals surface area contributed by atoms with Crippen LogP contribution in [-0.4, -0.2) is 47.4 Å². The number of amides is 1. The summed E-state index contributed by atoms with van der Waals surface area (Å²) < 4.78 is 5.50. The van der Waals surface area contributed by atoms with Crippen LogP contribution in [0.2, 0.25) is 0 Å². The van der Waals surface area contributed by atoms with Crippen LogP contribution in [0.25, 0.3) is 0 Å². The van der Waals surface area contributed by atoms with Crippen LogP contribution in [0.15, 0.2) is 36.5 Å². The average Bonchev–Trinajstić information content (AvgIpc) is 3.47. The van der Waals surface area contributed by atoms with Crippen molar-refractivity contribution in [2.24, 2.45) is 0 Å². The summed E-state index contributed by atoms with van der Waals surface area (Å²) in [6.07, 6.45) is 90.5. The van der Waals surface area contributed by atoms with Crippen LogP contribution in [0.3, 0.4) is 0 Å². The second-order valence-corrected chi connectivity index (χ2v) is 25.3. The number of hydrogen-bond acceptors (Lipinski definition) is 5. The molecule has 0 rings (SSSR count). The number of carbonyl (C=O) groups is 2. The van der Waals surface area contributed by atoms with Gasteiger partial charge in [0.05, 0.1) is 25.4 Å². The maximum Gasteiger partial charge on any atom is 0.305 e. The van der Waals surface area contributed by atoms with Crippen LogP contribution in [0.4, 0.5) is 0 Å². The minimum atomic E-state index is -0.669. The first-order valence-corrected chi connectivity index (χ1v) is 36.7. The Hall–Kier alpha value is -1.92. The van der Waals surface area contributed by atoms with Crippen molar-refractivity contribution in [3.63, 3.8) is 0 Å². The molecule has 0 heterocycles. The molecule has 1 amide bonds. The van der Waals surface area contributed by atoms with Crippen LogP contribution < -0.4 is 5.32 Å². The summed E-state index contributed by atoms with van der Waals surface area (Å²) in [5.41, 5.74) is 0. The molecule has 0 aromatic carbocycles. The Morgan fingerprint density at radius 2 is 0.617 bits per heavy atom. The topological polar surface area (TPSA) is 95.9 Å². The molecule has 6 heteroatoms. The third-order valence-electron chi connectivity index (χ3n) is 17.2. The molecular formula is C75H143NO5. The van der Waals surface area contributed by atoms with Gasteiger partial charge in [0.1, 0.15) is 0 Å². The van der Waals surface area contributed by atoms with Gasteiger partial charge in [-0.25, -0.2) is 0 Å². The second kappa shape index (κ2) is 70.6. The first-order chi connectivity index (χ1) is 40.0. The number of aliphatic hydroxyl groups is 2. The van der Waals surface area contributed by atoms with Crippen LogP contribution in [0.5, 0.6) is 0 Å². The van der Waals surface area contributed by atoms with Crippen LogP contribution in [-0.2, 0) is 14.3 Å². The molecule has 0 aromatic rings. The van der Waals surface area contributed by atoms with Crippen molar-refractivity contribution in [1.29, 1.82) is 0 Å². The van der Waals surface area contributed by atoms with E-state index in [0.717, 1.165) is 51.4 Å². The fourth-order valence-electron chi connectivity index (χ4n) is 11.6. The lowest BCUT2D eigenvalue weighted by molar-refractivity contribution is -0.143. The quantitative estimate of drug-likeness (QED) is 0.0320. The Morgan fingerprint density at radius 3 is 0.975 bits per heavy atom. The average molecular weight is 1140 g/mol. The van der Waals surface area contributed by atoms with E-state index in [4.69, 9.17) is 4.74 Å². The molecule has 478 valence electrons. The molecule has 0 bridgehead atoms. The van der Waals surface area contributed by atoms with E-state index in [1.54, 1.807) is 0 Å². The van der Waals surface area contributed by atoms with E-state index >= 15 is 0 Å². The number of allylic oxidation sites excluding steroid dienone is 6. The lowest BCUT2D eigenvalue weighted by Crippen LogP contribution is -2.45. The van der Waals surface area contributed by atoms with Crippen molar-refractivity contribution < 1.29 is 24.5 Å². The zero-order chi connectivity index (χ0) is 58.5. The fourth-order valence-corrected chi connectivity index (χ4v) is 11.6. The molecule has 2 unspecified atom stereocenters. The molecule has 0 spiro atoms. The van der Waals surface area contributed by atoms with Crippen LogP contribution >= 0.6 is 0 Å². The lowest BCUT2D eigenvalue weighted by Gasteiger charge is -2.22. The summed E-state index contributed by atoms with van der Waals surface area (Å²) >= 11 is 0. The summed E-state index contributed by atoms with van der Waals surface area (Å²) in [5.74, 6) is -0.0297. The van der Waals surface area contributed by atoms with Crippen LogP contribution in [0.1, 0.15) is 406 Å². The highest BCUT2D eigenvalue weighted by Gasteiger charge is 2.20. The number of esters is 1. The Kier molecular flexibility index (Phi) is 68.9. The van der Waals surface area contributed by atoms with E-state index in [1.807, 2.05) is 0 Å². The molecule has 0 radical (unpaired) electrons. The second-order valence-electron chi connectivity index (χ2n) is 25.3. The number of rotatable bonds is 69. The summed E-state index contributed by atoms with van der Waals surface area (Å²) in [7, 11) is 0. The molecule has 2 atom stereocenters. The summed E-state index contributed by atoms with van der Waals surface area (Å²) in [6.45, 7) is 4.96. The van der Waals surface area contributed by atoms with E-state index in [1.165, 1.54) is 321 Å². The number of ether oxygens (including phenoxy) is 1. The SMILES string of the molecule is CCCCC/C=C\C/C=C\CCCCCCCCCC(=O)OCCCCCCCCCCCCCC/C=C\CCCCCCCCCCC(=O)NC(CO)C(O)CCCCCCCCCCCCCCCCCCCCCCCCC. The zero-order valence-electron chi connectivity index (χ0n) is 54.8. The van der Waals surface area contributed by atoms with Gasteiger partial charge in [-0.3, -0.25) is 9.59 Å². The van der Waals surface area contributed by atoms with Gasteiger partial charge < -0.3 is 20.3 Å². The predicted octanol–water partition coefficient (Wildman–Crippen LogP) is 23.9. The maximum atomic E-state index is 12.6. The summed E-state index contributed by atoms with van der Waals surface area (Å²) in [4.78, 5) is 24.7. The van der Waals surface area contributed by atoms with Gasteiger partial charge in [0, 0.05) is 12.8 Å². The summed E-state index contributed by atoms with van der Waals surface area (Å²) in [5, 5.41) is 23.4. The van der Waals surface area contributed by atoms with Gasteiger partial charge in [-0.05, 0) is 83.5 Å². The number of carbonyl (C=O) groups excluding carboxylic acids is 2. The molecule has 6 nitrogen and oxygen atoms in total. The van der Waals surface area contributed by atoms with Crippen molar-refractivity contribution in [3.05, 3.63) is 36.5 Å². The number of aliphatic hydroxyl groups excluding tert-OH is 2. The van der Waals surface area contributed by atoms with Gasteiger partial charge in [0.15, 0.2) is 0 Å². The molecule has 0 fully saturated rings. The minimum absolute atomic E-state index is 0.00553. The van der Waals surface area contributed by atoms with E-state index in [0.29, 0.717) is 25.9 Å². The van der Waals surface area contributed by atoms with E-state index in [2.05, 4.69) is 55.6 Å². The largest absolute Gasteiger partial charge is 0.466 e. The Bertz CT molecular complexity index is 1310.